The van der Waals surface area contributed by atoms with Crippen LogP contribution in [0, 0.1) is 0 Å². The van der Waals surface area contributed by atoms with E-state index < -0.39 is 17.9 Å². The van der Waals surface area contributed by atoms with Crippen LogP contribution < -0.4 is 16.4 Å². The Morgan fingerprint density at radius 1 is 0.897 bits per heavy atom. The monoisotopic (exact) mass is 435 g/mol. The number of halogens is 2. The summed E-state index contributed by atoms with van der Waals surface area (Å²) in [6.45, 7) is 1.86. The first-order chi connectivity index (χ1) is 13.8. The molecule has 29 heavy (non-hydrogen) atoms. The molecule has 0 fully saturated rings. The molecule has 8 heteroatoms. The first-order valence-electron chi connectivity index (χ1n) is 9.13. The molecule has 2 rings (SSSR count). The first kappa shape index (κ1) is 22.7. The highest BCUT2D eigenvalue weighted by molar-refractivity contribution is 6.36. The topological polar surface area (TPSA) is 101 Å². The molecule has 6 nitrogen and oxygen atoms in total. The molecule has 0 saturated carbocycles. The molecule has 0 aliphatic carbocycles. The van der Waals surface area contributed by atoms with Gasteiger partial charge in [0.25, 0.3) is 0 Å². The van der Waals surface area contributed by atoms with Gasteiger partial charge >= 0.3 is 0 Å². The van der Waals surface area contributed by atoms with Crippen molar-refractivity contribution >= 4 is 40.9 Å². The number of nitrogens with one attached hydrogen (secondary N) is 2. The lowest BCUT2D eigenvalue weighted by molar-refractivity contribution is -0.129. The zero-order valence-corrected chi connectivity index (χ0v) is 17.5. The summed E-state index contributed by atoms with van der Waals surface area (Å²) in [4.78, 5) is 36.1. The Balaban J connectivity index is 1.87. The number of rotatable bonds is 9. The molecule has 0 radical (unpaired) electrons. The average Bonchev–Trinajstić information content (AvgIpc) is 2.69. The minimum Gasteiger partial charge on any atom is -0.368 e. The van der Waals surface area contributed by atoms with Crippen molar-refractivity contribution in [1.29, 1.82) is 0 Å². The quantitative estimate of drug-likeness (QED) is 0.563. The van der Waals surface area contributed by atoms with E-state index in [1.807, 2.05) is 37.3 Å². The summed E-state index contributed by atoms with van der Waals surface area (Å²) in [6, 6.07) is 13.3. The van der Waals surface area contributed by atoms with Gasteiger partial charge in [-0.25, -0.2) is 0 Å². The van der Waals surface area contributed by atoms with E-state index in [0.29, 0.717) is 15.6 Å². The molecule has 0 aromatic heterocycles. The number of benzene rings is 2. The molecule has 0 aliphatic heterocycles. The summed E-state index contributed by atoms with van der Waals surface area (Å²) in [5.41, 5.74) is 6.89. The molecule has 154 valence electrons. The van der Waals surface area contributed by atoms with Gasteiger partial charge in [0.2, 0.25) is 17.7 Å². The lowest BCUT2D eigenvalue weighted by atomic mass is 10.0. The molecule has 0 saturated heterocycles. The Labute approximate surface area is 179 Å². The summed E-state index contributed by atoms with van der Waals surface area (Å²) >= 11 is 12.2. The van der Waals surface area contributed by atoms with E-state index in [9.17, 15) is 14.4 Å². The molecule has 0 bridgehead atoms. The van der Waals surface area contributed by atoms with E-state index in [2.05, 4.69) is 10.6 Å². The van der Waals surface area contributed by atoms with Crippen LogP contribution in [0.5, 0.6) is 0 Å². The van der Waals surface area contributed by atoms with Gasteiger partial charge in [0.05, 0.1) is 6.04 Å². The van der Waals surface area contributed by atoms with Crippen LogP contribution in [0.3, 0.4) is 0 Å². The molecule has 3 amide bonds. The van der Waals surface area contributed by atoms with Gasteiger partial charge in [0.1, 0.15) is 6.04 Å². The normalized spacial score (nSPS) is 12.7. The molecule has 0 heterocycles. The standard InChI is InChI=1S/C21H23Cl2N3O3/c1-13(14-6-3-2-4-7-14)25-19(27)10-11-20(28)26-18(21(24)29)12-15-16(22)8-5-9-17(15)23/h2-9,13,18H,10-12H2,1H3,(H2,24,29)(H,25,27)(H,26,28)/t13-,18-/m1/s1. The van der Waals surface area contributed by atoms with E-state index in [1.54, 1.807) is 18.2 Å². The smallest absolute Gasteiger partial charge is 0.240 e. The summed E-state index contributed by atoms with van der Waals surface area (Å²) in [5, 5.41) is 6.15. The average molecular weight is 436 g/mol. The molecule has 2 aromatic rings. The second-order valence-electron chi connectivity index (χ2n) is 6.63. The molecule has 2 aromatic carbocycles. The van der Waals surface area contributed by atoms with Crippen LogP contribution in [-0.4, -0.2) is 23.8 Å². The number of hydrogen-bond acceptors (Lipinski definition) is 3. The fraction of sp³-hybridized carbons (Fsp3) is 0.286. The van der Waals surface area contributed by atoms with Crippen LogP contribution in [0.25, 0.3) is 0 Å². The van der Waals surface area contributed by atoms with E-state index in [4.69, 9.17) is 28.9 Å². The van der Waals surface area contributed by atoms with Gasteiger partial charge in [-0.15, -0.1) is 0 Å². The number of primary amides is 1. The second kappa shape index (κ2) is 10.8. The van der Waals surface area contributed by atoms with Crippen molar-refractivity contribution in [3.63, 3.8) is 0 Å². The fourth-order valence-electron chi connectivity index (χ4n) is 2.79. The predicted molar refractivity (Wildman–Crippen MR) is 114 cm³/mol. The Morgan fingerprint density at radius 2 is 1.45 bits per heavy atom. The summed E-state index contributed by atoms with van der Waals surface area (Å²) in [6.07, 6.45) is -0.0223. The number of carbonyl (C=O) groups excluding carboxylic acids is 3. The number of hydrogen-bond donors (Lipinski definition) is 3. The Morgan fingerprint density at radius 3 is 2.00 bits per heavy atom. The Hall–Kier alpha value is -2.57. The van der Waals surface area contributed by atoms with Crippen molar-refractivity contribution in [1.82, 2.24) is 10.6 Å². The van der Waals surface area contributed by atoms with Crippen molar-refractivity contribution in [3.05, 3.63) is 69.7 Å². The van der Waals surface area contributed by atoms with E-state index in [0.717, 1.165) is 5.56 Å². The predicted octanol–water partition coefficient (Wildman–Crippen LogP) is 3.16. The lowest BCUT2D eigenvalue weighted by Gasteiger charge is -2.18. The molecule has 0 unspecified atom stereocenters. The van der Waals surface area contributed by atoms with Gasteiger partial charge in [-0.2, -0.15) is 0 Å². The maximum atomic E-state index is 12.2. The highest BCUT2D eigenvalue weighted by atomic mass is 35.5. The number of carbonyl (C=O) groups is 3. The third kappa shape index (κ3) is 7.07. The Bertz CT molecular complexity index is 854. The molecule has 4 N–H and O–H groups in total. The van der Waals surface area contributed by atoms with Crippen molar-refractivity contribution < 1.29 is 14.4 Å². The number of amides is 3. The van der Waals surface area contributed by atoms with Crippen LogP contribution in [0.15, 0.2) is 48.5 Å². The third-order valence-electron chi connectivity index (χ3n) is 4.40. The van der Waals surface area contributed by atoms with Crippen LogP contribution >= 0.6 is 23.2 Å². The van der Waals surface area contributed by atoms with Gasteiger partial charge in [0.15, 0.2) is 0 Å². The highest BCUT2D eigenvalue weighted by Gasteiger charge is 2.21. The van der Waals surface area contributed by atoms with Crippen LogP contribution in [-0.2, 0) is 20.8 Å². The minimum absolute atomic E-state index is 0.0126. The summed E-state index contributed by atoms with van der Waals surface area (Å²) in [5.74, 6) is -1.43. The van der Waals surface area contributed by atoms with Crippen molar-refractivity contribution in [3.8, 4) is 0 Å². The summed E-state index contributed by atoms with van der Waals surface area (Å²) in [7, 11) is 0. The SMILES string of the molecule is C[C@@H](NC(=O)CCC(=O)N[C@H](Cc1c(Cl)cccc1Cl)C(N)=O)c1ccccc1. The van der Waals surface area contributed by atoms with Gasteiger partial charge in [0, 0.05) is 29.3 Å². The molecule has 0 spiro atoms. The van der Waals surface area contributed by atoms with Gasteiger partial charge in [-0.1, -0.05) is 59.6 Å². The largest absolute Gasteiger partial charge is 0.368 e. The van der Waals surface area contributed by atoms with Crippen molar-refractivity contribution in [2.75, 3.05) is 0 Å². The molecular formula is C21H23Cl2N3O3. The fourth-order valence-corrected chi connectivity index (χ4v) is 3.34. The van der Waals surface area contributed by atoms with Gasteiger partial charge < -0.3 is 16.4 Å². The molecule has 0 aliphatic rings. The van der Waals surface area contributed by atoms with E-state index >= 15 is 0 Å². The number of nitrogens with two attached hydrogens (primary N) is 1. The molecule has 2 atom stereocenters. The van der Waals surface area contributed by atoms with Crippen LogP contribution in [0.2, 0.25) is 10.0 Å². The molecular weight excluding hydrogens is 413 g/mol. The zero-order chi connectivity index (χ0) is 21.4. The first-order valence-corrected chi connectivity index (χ1v) is 9.89. The van der Waals surface area contributed by atoms with Crippen molar-refractivity contribution in [2.24, 2.45) is 5.73 Å². The zero-order valence-electron chi connectivity index (χ0n) is 16.0. The van der Waals surface area contributed by atoms with Gasteiger partial charge in [-0.3, -0.25) is 14.4 Å². The van der Waals surface area contributed by atoms with Crippen LogP contribution in [0.4, 0.5) is 0 Å². The highest BCUT2D eigenvalue weighted by Crippen LogP contribution is 2.25. The van der Waals surface area contributed by atoms with Crippen molar-refractivity contribution in [2.45, 2.75) is 38.3 Å². The Kier molecular flexibility index (Phi) is 8.49. The minimum atomic E-state index is -0.980. The van der Waals surface area contributed by atoms with Gasteiger partial charge in [-0.05, 0) is 30.2 Å². The summed E-state index contributed by atoms with van der Waals surface area (Å²) < 4.78 is 0. The second-order valence-corrected chi connectivity index (χ2v) is 7.44. The van der Waals surface area contributed by atoms with Crippen LogP contribution in [0.1, 0.15) is 36.9 Å². The van der Waals surface area contributed by atoms with E-state index in [-0.39, 0.29) is 31.2 Å². The maximum Gasteiger partial charge on any atom is 0.240 e. The lowest BCUT2D eigenvalue weighted by Crippen LogP contribution is -2.46. The maximum absolute atomic E-state index is 12.2. The third-order valence-corrected chi connectivity index (χ3v) is 5.11. The van der Waals surface area contributed by atoms with E-state index in [1.165, 1.54) is 0 Å².